The van der Waals surface area contributed by atoms with E-state index in [1.54, 1.807) is 6.20 Å². The maximum atomic E-state index is 13.1. The number of aliphatic carboxylic acids is 1. The van der Waals surface area contributed by atoms with Gasteiger partial charge in [0.15, 0.2) is 0 Å². The standard InChI is InChI=1S/C25H33N7O5/c1-14(2)7-18(26)23(34)29-12-22(33)31-20(9-16-11-27-13-30-16)24(35)32-21(25(36)37)8-15-10-28-19-6-4-3-5-17(15)19/h3-6,10-11,13-14,18,20-21,28H,7-9,12,26H2,1-2H3,(H,27,30)(H,29,34)(H,31,33)(H,32,35)(H,36,37). The molecule has 0 aliphatic carbocycles. The maximum absolute atomic E-state index is 13.1. The van der Waals surface area contributed by atoms with Gasteiger partial charge >= 0.3 is 5.97 Å². The molecule has 37 heavy (non-hydrogen) atoms. The number of hydrogen-bond acceptors (Lipinski definition) is 6. The predicted octanol–water partition coefficient (Wildman–Crippen LogP) is 0.220. The van der Waals surface area contributed by atoms with Crippen molar-refractivity contribution >= 4 is 34.6 Å². The number of benzene rings is 1. The highest BCUT2D eigenvalue weighted by Crippen LogP contribution is 2.19. The molecular weight excluding hydrogens is 478 g/mol. The molecule has 0 bridgehead atoms. The zero-order valence-electron chi connectivity index (χ0n) is 20.8. The first-order valence-electron chi connectivity index (χ1n) is 12.0. The Morgan fingerprint density at radius 2 is 1.78 bits per heavy atom. The Bertz CT molecular complexity index is 1220. The first-order chi connectivity index (χ1) is 17.6. The molecule has 0 radical (unpaired) electrons. The minimum Gasteiger partial charge on any atom is -0.480 e. The van der Waals surface area contributed by atoms with E-state index >= 15 is 0 Å². The Morgan fingerprint density at radius 3 is 2.46 bits per heavy atom. The summed E-state index contributed by atoms with van der Waals surface area (Å²) in [5, 5.41) is 18.2. The van der Waals surface area contributed by atoms with Gasteiger partial charge in [0.2, 0.25) is 17.7 Å². The summed E-state index contributed by atoms with van der Waals surface area (Å²) in [7, 11) is 0. The number of fused-ring (bicyclic) bond motifs is 1. The van der Waals surface area contributed by atoms with Gasteiger partial charge in [-0.2, -0.15) is 0 Å². The monoisotopic (exact) mass is 511 g/mol. The van der Waals surface area contributed by atoms with Crippen LogP contribution >= 0.6 is 0 Å². The Hall–Kier alpha value is -4.19. The molecule has 0 saturated carbocycles. The molecule has 198 valence electrons. The van der Waals surface area contributed by atoms with E-state index in [9.17, 15) is 24.3 Å². The van der Waals surface area contributed by atoms with Gasteiger partial charge in [0.05, 0.1) is 18.9 Å². The molecule has 3 aromatic rings. The molecule has 12 nitrogen and oxygen atoms in total. The van der Waals surface area contributed by atoms with Gasteiger partial charge in [0.25, 0.3) is 0 Å². The number of para-hydroxylation sites is 1. The summed E-state index contributed by atoms with van der Waals surface area (Å²) in [6.45, 7) is 3.48. The lowest BCUT2D eigenvalue weighted by molar-refractivity contribution is -0.142. The molecule has 0 aliphatic rings. The first kappa shape index (κ1) is 27.4. The van der Waals surface area contributed by atoms with Crippen molar-refractivity contribution in [3.63, 3.8) is 0 Å². The smallest absolute Gasteiger partial charge is 0.326 e. The summed E-state index contributed by atoms with van der Waals surface area (Å²) in [5.74, 6) is -2.77. The molecule has 12 heteroatoms. The van der Waals surface area contributed by atoms with Crippen LogP contribution in [0.4, 0.5) is 0 Å². The number of aromatic amines is 2. The highest BCUT2D eigenvalue weighted by molar-refractivity contribution is 5.93. The SMILES string of the molecule is CC(C)CC(N)C(=O)NCC(=O)NC(Cc1cnc[nH]1)C(=O)NC(Cc1c[nH]c2ccccc12)C(=O)O. The van der Waals surface area contributed by atoms with Crippen LogP contribution in [0.3, 0.4) is 0 Å². The molecule has 0 fully saturated rings. The number of amides is 3. The molecule has 3 unspecified atom stereocenters. The number of H-pyrrole nitrogens is 2. The molecule has 0 aliphatic heterocycles. The van der Waals surface area contributed by atoms with Crippen LogP contribution in [0.5, 0.6) is 0 Å². The van der Waals surface area contributed by atoms with Crippen LogP contribution in [0, 0.1) is 5.92 Å². The average Bonchev–Trinajstić information content (AvgIpc) is 3.51. The molecule has 3 atom stereocenters. The third-order valence-corrected chi connectivity index (χ3v) is 5.83. The van der Waals surface area contributed by atoms with Crippen LogP contribution in [0.2, 0.25) is 0 Å². The lowest BCUT2D eigenvalue weighted by Crippen LogP contribution is -2.55. The summed E-state index contributed by atoms with van der Waals surface area (Å²) >= 11 is 0. The van der Waals surface area contributed by atoms with E-state index in [0.29, 0.717) is 12.1 Å². The van der Waals surface area contributed by atoms with Crippen molar-refractivity contribution in [3.05, 3.63) is 54.2 Å². The average molecular weight is 512 g/mol. The second-order valence-corrected chi connectivity index (χ2v) is 9.32. The van der Waals surface area contributed by atoms with Gasteiger partial charge in [0.1, 0.15) is 12.1 Å². The second kappa shape index (κ2) is 12.7. The number of carbonyl (C=O) groups excluding carboxylic acids is 3. The van der Waals surface area contributed by atoms with E-state index in [-0.39, 0.29) is 25.3 Å². The number of aromatic nitrogens is 3. The van der Waals surface area contributed by atoms with Crippen molar-refractivity contribution < 1.29 is 24.3 Å². The third kappa shape index (κ3) is 7.90. The molecule has 0 spiro atoms. The number of hydrogen-bond donors (Lipinski definition) is 7. The lowest BCUT2D eigenvalue weighted by Gasteiger charge is -2.21. The van der Waals surface area contributed by atoms with Gasteiger partial charge in [-0.15, -0.1) is 0 Å². The summed E-state index contributed by atoms with van der Waals surface area (Å²) in [6, 6.07) is 4.35. The summed E-state index contributed by atoms with van der Waals surface area (Å²) < 4.78 is 0. The Kier molecular flexibility index (Phi) is 9.39. The van der Waals surface area contributed by atoms with Gasteiger partial charge in [-0.3, -0.25) is 14.4 Å². The number of nitrogens with zero attached hydrogens (tertiary/aromatic N) is 1. The normalized spacial score (nSPS) is 13.6. The number of imidazole rings is 1. The van der Waals surface area contributed by atoms with Gasteiger partial charge < -0.3 is 36.8 Å². The van der Waals surface area contributed by atoms with E-state index in [2.05, 4.69) is 30.9 Å². The fraction of sp³-hybridized carbons (Fsp3) is 0.400. The quantitative estimate of drug-likeness (QED) is 0.170. The lowest BCUT2D eigenvalue weighted by atomic mass is 10.0. The van der Waals surface area contributed by atoms with Crippen molar-refractivity contribution in [2.75, 3.05) is 6.54 Å². The fourth-order valence-electron chi connectivity index (χ4n) is 3.98. The van der Waals surface area contributed by atoms with E-state index in [4.69, 9.17) is 5.73 Å². The molecule has 1 aromatic carbocycles. The first-order valence-corrected chi connectivity index (χ1v) is 12.0. The number of carbonyl (C=O) groups is 4. The van der Waals surface area contributed by atoms with E-state index in [1.807, 2.05) is 38.1 Å². The van der Waals surface area contributed by atoms with Crippen LogP contribution in [0.1, 0.15) is 31.5 Å². The highest BCUT2D eigenvalue weighted by atomic mass is 16.4. The Labute approximate surface area is 213 Å². The molecule has 0 saturated heterocycles. The molecule has 2 aromatic heterocycles. The number of nitrogens with two attached hydrogens (primary N) is 1. The van der Waals surface area contributed by atoms with Crippen LogP contribution in [0.25, 0.3) is 10.9 Å². The van der Waals surface area contributed by atoms with Gasteiger partial charge in [-0.25, -0.2) is 9.78 Å². The van der Waals surface area contributed by atoms with Gasteiger partial charge in [-0.05, 0) is 24.0 Å². The fourth-order valence-corrected chi connectivity index (χ4v) is 3.98. The van der Waals surface area contributed by atoms with Gasteiger partial charge in [0, 0.05) is 41.8 Å². The van der Waals surface area contributed by atoms with Crippen LogP contribution in [-0.4, -0.2) is 68.4 Å². The van der Waals surface area contributed by atoms with Crippen molar-refractivity contribution in [2.45, 2.75) is 51.2 Å². The van der Waals surface area contributed by atoms with Crippen molar-refractivity contribution in [1.29, 1.82) is 0 Å². The maximum Gasteiger partial charge on any atom is 0.326 e. The molecule has 3 amide bonds. The van der Waals surface area contributed by atoms with Crippen LogP contribution in [-0.2, 0) is 32.0 Å². The van der Waals surface area contributed by atoms with Gasteiger partial charge in [-0.1, -0.05) is 32.0 Å². The summed E-state index contributed by atoms with van der Waals surface area (Å²) in [5.41, 5.74) is 7.99. The highest BCUT2D eigenvalue weighted by Gasteiger charge is 2.28. The zero-order valence-corrected chi connectivity index (χ0v) is 20.8. The predicted molar refractivity (Wildman–Crippen MR) is 136 cm³/mol. The topological polar surface area (TPSA) is 195 Å². The van der Waals surface area contributed by atoms with Crippen LogP contribution < -0.4 is 21.7 Å². The van der Waals surface area contributed by atoms with E-state index in [1.165, 1.54) is 12.5 Å². The number of nitrogens with one attached hydrogen (secondary N) is 5. The summed E-state index contributed by atoms with van der Waals surface area (Å²) in [6.07, 6.45) is 5.19. The van der Waals surface area contributed by atoms with Crippen molar-refractivity contribution in [3.8, 4) is 0 Å². The van der Waals surface area contributed by atoms with Crippen LogP contribution in [0.15, 0.2) is 43.0 Å². The largest absolute Gasteiger partial charge is 0.480 e. The van der Waals surface area contributed by atoms with E-state index in [0.717, 1.165) is 16.5 Å². The number of rotatable bonds is 13. The van der Waals surface area contributed by atoms with E-state index < -0.39 is 41.8 Å². The zero-order chi connectivity index (χ0) is 26.9. The Morgan fingerprint density at radius 1 is 1.03 bits per heavy atom. The molecule has 8 N–H and O–H groups in total. The number of carboxylic acid groups (broad SMARTS) is 1. The molecule has 3 rings (SSSR count). The third-order valence-electron chi connectivity index (χ3n) is 5.83. The van der Waals surface area contributed by atoms with Crippen molar-refractivity contribution in [1.82, 2.24) is 30.9 Å². The molecule has 2 heterocycles. The Balaban J connectivity index is 1.66. The second-order valence-electron chi connectivity index (χ2n) is 9.32. The minimum absolute atomic E-state index is 0.0395. The molecular formula is C25H33N7O5. The summed E-state index contributed by atoms with van der Waals surface area (Å²) in [4.78, 5) is 59.7. The number of carboxylic acids is 1. The van der Waals surface area contributed by atoms with Crippen molar-refractivity contribution in [2.24, 2.45) is 11.7 Å². The minimum atomic E-state index is -1.23.